The first kappa shape index (κ1) is 18.5. The third-order valence-corrected chi connectivity index (χ3v) is 3.91. The Kier molecular flexibility index (Phi) is 6.57. The van der Waals surface area contributed by atoms with Gasteiger partial charge in [0.2, 0.25) is 11.8 Å². The van der Waals surface area contributed by atoms with Gasteiger partial charge in [0.15, 0.2) is 0 Å². The van der Waals surface area contributed by atoms with Crippen molar-refractivity contribution in [2.45, 2.75) is 33.6 Å². The second-order valence-electron chi connectivity index (χ2n) is 5.82. The first-order chi connectivity index (χ1) is 12.0. The van der Waals surface area contributed by atoms with E-state index >= 15 is 0 Å². The number of para-hydroxylation sites is 1. The highest BCUT2D eigenvalue weighted by Crippen LogP contribution is 2.22. The summed E-state index contributed by atoms with van der Waals surface area (Å²) in [5, 5.41) is 8.82. The SMILES string of the molecule is CCc1cccc(CC)c1NCC(=O)Nc1ccc(NC(C)=O)cc1. The predicted molar refractivity (Wildman–Crippen MR) is 103 cm³/mol. The molecule has 2 aromatic rings. The van der Waals surface area contributed by atoms with Gasteiger partial charge < -0.3 is 16.0 Å². The fraction of sp³-hybridized carbons (Fsp3) is 0.300. The molecule has 0 spiro atoms. The molecule has 2 amide bonds. The molecule has 0 bridgehead atoms. The number of hydrogen-bond donors (Lipinski definition) is 3. The summed E-state index contributed by atoms with van der Waals surface area (Å²) in [6, 6.07) is 13.3. The molecule has 0 aliphatic carbocycles. The Morgan fingerprint density at radius 3 is 1.84 bits per heavy atom. The number of hydrogen-bond acceptors (Lipinski definition) is 3. The van der Waals surface area contributed by atoms with Crippen molar-refractivity contribution in [2.24, 2.45) is 0 Å². The lowest BCUT2D eigenvalue weighted by molar-refractivity contribution is -0.115. The van der Waals surface area contributed by atoms with E-state index in [0.29, 0.717) is 11.4 Å². The highest BCUT2D eigenvalue weighted by atomic mass is 16.2. The van der Waals surface area contributed by atoms with E-state index in [1.807, 2.05) is 0 Å². The topological polar surface area (TPSA) is 70.2 Å². The highest BCUT2D eigenvalue weighted by Gasteiger charge is 2.08. The first-order valence-corrected chi connectivity index (χ1v) is 8.55. The second-order valence-corrected chi connectivity index (χ2v) is 5.82. The van der Waals surface area contributed by atoms with Crippen molar-refractivity contribution in [2.75, 3.05) is 22.5 Å². The Morgan fingerprint density at radius 1 is 0.840 bits per heavy atom. The molecule has 0 atom stereocenters. The van der Waals surface area contributed by atoms with Gasteiger partial charge in [-0.1, -0.05) is 32.0 Å². The molecular formula is C20H25N3O2. The Morgan fingerprint density at radius 2 is 1.36 bits per heavy atom. The fourth-order valence-corrected chi connectivity index (χ4v) is 2.68. The van der Waals surface area contributed by atoms with Crippen LogP contribution in [0.1, 0.15) is 31.9 Å². The summed E-state index contributed by atoms with van der Waals surface area (Å²) < 4.78 is 0. The Hall–Kier alpha value is -2.82. The molecule has 0 heterocycles. The molecule has 3 N–H and O–H groups in total. The lowest BCUT2D eigenvalue weighted by Crippen LogP contribution is -2.22. The molecule has 0 aliphatic rings. The molecule has 25 heavy (non-hydrogen) atoms. The zero-order valence-electron chi connectivity index (χ0n) is 15.0. The monoisotopic (exact) mass is 339 g/mol. The molecule has 0 saturated carbocycles. The normalized spacial score (nSPS) is 10.2. The van der Waals surface area contributed by atoms with E-state index in [4.69, 9.17) is 0 Å². The van der Waals surface area contributed by atoms with E-state index in [2.05, 4.69) is 48.0 Å². The molecule has 0 unspecified atom stereocenters. The van der Waals surface area contributed by atoms with E-state index in [1.165, 1.54) is 18.1 Å². The summed E-state index contributed by atoms with van der Waals surface area (Å²) in [4.78, 5) is 23.2. The number of benzene rings is 2. The van der Waals surface area contributed by atoms with E-state index in [0.717, 1.165) is 18.5 Å². The van der Waals surface area contributed by atoms with Crippen LogP contribution in [0.25, 0.3) is 0 Å². The largest absolute Gasteiger partial charge is 0.376 e. The van der Waals surface area contributed by atoms with Gasteiger partial charge in [0.25, 0.3) is 0 Å². The number of nitrogens with one attached hydrogen (secondary N) is 3. The van der Waals surface area contributed by atoms with Crippen LogP contribution in [-0.2, 0) is 22.4 Å². The number of amides is 2. The van der Waals surface area contributed by atoms with Crippen LogP contribution in [0.4, 0.5) is 17.1 Å². The summed E-state index contributed by atoms with van der Waals surface area (Å²) in [5.74, 6) is -0.234. The van der Waals surface area contributed by atoms with Crippen molar-refractivity contribution in [1.82, 2.24) is 0 Å². The number of carbonyl (C=O) groups excluding carboxylic acids is 2. The molecule has 0 fully saturated rings. The predicted octanol–water partition coefficient (Wildman–Crippen LogP) is 3.82. The maximum Gasteiger partial charge on any atom is 0.243 e. The third kappa shape index (κ3) is 5.35. The molecule has 0 radical (unpaired) electrons. The summed E-state index contributed by atoms with van der Waals surface area (Å²) in [5.41, 5.74) is 4.88. The average molecular weight is 339 g/mol. The molecule has 5 nitrogen and oxygen atoms in total. The van der Waals surface area contributed by atoms with Gasteiger partial charge in [-0.05, 0) is 48.2 Å². The lowest BCUT2D eigenvalue weighted by atomic mass is 10.0. The second kappa shape index (κ2) is 8.87. The number of rotatable bonds is 7. The van der Waals surface area contributed by atoms with Gasteiger partial charge in [-0.3, -0.25) is 9.59 Å². The number of aryl methyl sites for hydroxylation is 2. The zero-order valence-corrected chi connectivity index (χ0v) is 15.0. The Labute approximate surface area is 148 Å². The van der Waals surface area contributed by atoms with Crippen LogP contribution < -0.4 is 16.0 Å². The smallest absolute Gasteiger partial charge is 0.243 e. The fourth-order valence-electron chi connectivity index (χ4n) is 2.68. The maximum absolute atomic E-state index is 12.2. The van der Waals surface area contributed by atoms with Crippen LogP contribution in [0.15, 0.2) is 42.5 Å². The van der Waals surface area contributed by atoms with E-state index in [-0.39, 0.29) is 18.4 Å². The van der Waals surface area contributed by atoms with Gasteiger partial charge >= 0.3 is 0 Å². The maximum atomic E-state index is 12.2. The van der Waals surface area contributed by atoms with Crippen molar-refractivity contribution >= 4 is 28.9 Å². The minimum atomic E-state index is -0.123. The van der Waals surface area contributed by atoms with Crippen molar-refractivity contribution in [3.63, 3.8) is 0 Å². The Balaban J connectivity index is 1.96. The molecular weight excluding hydrogens is 314 g/mol. The van der Waals surface area contributed by atoms with Crippen LogP contribution in [0, 0.1) is 0 Å². The van der Waals surface area contributed by atoms with Crippen LogP contribution in [-0.4, -0.2) is 18.4 Å². The number of carbonyl (C=O) groups is 2. The number of anilines is 3. The Bertz CT molecular complexity index is 717. The van der Waals surface area contributed by atoms with Gasteiger partial charge in [0.1, 0.15) is 0 Å². The zero-order chi connectivity index (χ0) is 18.2. The summed E-state index contributed by atoms with van der Waals surface area (Å²) in [7, 11) is 0. The van der Waals surface area contributed by atoms with Gasteiger partial charge in [0, 0.05) is 24.0 Å². The van der Waals surface area contributed by atoms with E-state index in [1.54, 1.807) is 24.3 Å². The molecule has 2 aromatic carbocycles. The standard InChI is InChI=1S/C20H25N3O2/c1-4-15-7-6-8-16(5-2)20(15)21-13-19(25)23-18-11-9-17(10-12-18)22-14(3)24/h6-12,21H,4-5,13H2,1-3H3,(H,22,24)(H,23,25). The van der Waals surface area contributed by atoms with Crippen molar-refractivity contribution in [3.05, 3.63) is 53.6 Å². The van der Waals surface area contributed by atoms with Gasteiger partial charge in [-0.25, -0.2) is 0 Å². The van der Waals surface area contributed by atoms with Crippen LogP contribution >= 0.6 is 0 Å². The minimum absolute atomic E-state index is 0.111. The van der Waals surface area contributed by atoms with E-state index in [9.17, 15) is 9.59 Å². The average Bonchev–Trinajstić information content (AvgIpc) is 2.60. The van der Waals surface area contributed by atoms with Gasteiger partial charge in [-0.2, -0.15) is 0 Å². The van der Waals surface area contributed by atoms with Crippen LogP contribution in [0.2, 0.25) is 0 Å². The van der Waals surface area contributed by atoms with Crippen molar-refractivity contribution in [3.8, 4) is 0 Å². The summed E-state index contributed by atoms with van der Waals surface area (Å²) in [6.07, 6.45) is 1.84. The quantitative estimate of drug-likeness (QED) is 0.718. The molecule has 0 saturated heterocycles. The van der Waals surface area contributed by atoms with Crippen LogP contribution in [0.5, 0.6) is 0 Å². The van der Waals surface area contributed by atoms with Gasteiger partial charge in [0.05, 0.1) is 6.54 Å². The molecule has 5 heteroatoms. The van der Waals surface area contributed by atoms with Crippen molar-refractivity contribution in [1.29, 1.82) is 0 Å². The first-order valence-electron chi connectivity index (χ1n) is 8.55. The third-order valence-electron chi connectivity index (χ3n) is 3.91. The van der Waals surface area contributed by atoms with E-state index < -0.39 is 0 Å². The molecule has 132 valence electrons. The highest BCUT2D eigenvalue weighted by molar-refractivity contribution is 5.94. The lowest BCUT2D eigenvalue weighted by Gasteiger charge is -2.15. The molecule has 0 aliphatic heterocycles. The molecule has 2 rings (SSSR count). The van der Waals surface area contributed by atoms with Crippen molar-refractivity contribution < 1.29 is 9.59 Å². The van der Waals surface area contributed by atoms with Gasteiger partial charge in [-0.15, -0.1) is 0 Å². The molecule has 0 aromatic heterocycles. The summed E-state index contributed by atoms with van der Waals surface area (Å²) >= 11 is 0. The minimum Gasteiger partial charge on any atom is -0.376 e. The van der Waals surface area contributed by atoms with Crippen LogP contribution in [0.3, 0.4) is 0 Å². The summed E-state index contributed by atoms with van der Waals surface area (Å²) in [6.45, 7) is 5.88.